The van der Waals surface area contributed by atoms with Crippen LogP contribution in [0.1, 0.15) is 27.2 Å². The molecule has 1 saturated heterocycles. The van der Waals surface area contributed by atoms with Crippen molar-refractivity contribution < 1.29 is 14.4 Å². The van der Waals surface area contributed by atoms with E-state index in [1.54, 1.807) is 6.92 Å². The van der Waals surface area contributed by atoms with Gasteiger partial charge >= 0.3 is 6.03 Å². The summed E-state index contributed by atoms with van der Waals surface area (Å²) in [5, 5.41) is 0. The molecule has 0 atom stereocenters. The van der Waals surface area contributed by atoms with Gasteiger partial charge < -0.3 is 4.90 Å². The smallest absolute Gasteiger partial charge is 0.313 e. The van der Waals surface area contributed by atoms with Crippen molar-refractivity contribution in [1.82, 2.24) is 9.80 Å². The molecule has 1 aliphatic heterocycles. The monoisotopic (exact) mass is 212 g/mol. The van der Waals surface area contributed by atoms with E-state index in [0.29, 0.717) is 6.42 Å². The van der Waals surface area contributed by atoms with E-state index in [1.165, 1.54) is 4.90 Å². The van der Waals surface area contributed by atoms with Crippen molar-refractivity contribution in [1.29, 1.82) is 0 Å². The molecule has 0 unspecified atom stereocenters. The quantitative estimate of drug-likeness (QED) is 0.642. The lowest BCUT2D eigenvalue weighted by Crippen LogP contribution is -2.38. The molecule has 0 bridgehead atoms. The average molecular weight is 212 g/mol. The van der Waals surface area contributed by atoms with Crippen molar-refractivity contribution in [2.24, 2.45) is 0 Å². The molecule has 5 heteroatoms. The van der Waals surface area contributed by atoms with Gasteiger partial charge in [0.15, 0.2) is 5.78 Å². The van der Waals surface area contributed by atoms with Gasteiger partial charge in [-0.15, -0.1) is 0 Å². The van der Waals surface area contributed by atoms with Crippen LogP contribution in [-0.4, -0.2) is 46.7 Å². The van der Waals surface area contributed by atoms with E-state index in [1.807, 2.05) is 13.8 Å². The molecule has 84 valence electrons. The van der Waals surface area contributed by atoms with Crippen LogP contribution in [-0.2, 0) is 9.59 Å². The lowest BCUT2D eigenvalue weighted by atomic mass is 10.3. The molecule has 0 aromatic heterocycles. The summed E-state index contributed by atoms with van der Waals surface area (Å²) in [6, 6.07) is -0.361. The van der Waals surface area contributed by atoms with E-state index in [0.717, 1.165) is 4.90 Å². The van der Waals surface area contributed by atoms with Gasteiger partial charge in [0.2, 0.25) is 0 Å². The van der Waals surface area contributed by atoms with Gasteiger partial charge in [0.25, 0.3) is 5.91 Å². The maximum absolute atomic E-state index is 11.7. The maximum Gasteiger partial charge on any atom is 0.327 e. The van der Waals surface area contributed by atoms with E-state index in [-0.39, 0.29) is 36.9 Å². The van der Waals surface area contributed by atoms with Gasteiger partial charge in [-0.05, 0) is 13.8 Å². The summed E-state index contributed by atoms with van der Waals surface area (Å²) in [6.45, 7) is 5.41. The Balaban J connectivity index is 2.71. The maximum atomic E-state index is 11.7. The first-order chi connectivity index (χ1) is 6.97. The van der Waals surface area contributed by atoms with E-state index >= 15 is 0 Å². The van der Waals surface area contributed by atoms with Crippen LogP contribution in [0, 0.1) is 0 Å². The summed E-state index contributed by atoms with van der Waals surface area (Å²) in [5.41, 5.74) is 0. The highest BCUT2D eigenvalue weighted by Gasteiger charge is 2.37. The number of carbonyl (C=O) groups is 3. The number of carbonyl (C=O) groups excluding carboxylic acids is 3. The normalized spacial score (nSPS) is 16.8. The third-order valence-corrected chi connectivity index (χ3v) is 2.44. The summed E-state index contributed by atoms with van der Waals surface area (Å²) >= 11 is 0. The summed E-state index contributed by atoms with van der Waals surface area (Å²) in [5.74, 6) is -0.377. The molecule has 15 heavy (non-hydrogen) atoms. The summed E-state index contributed by atoms with van der Waals surface area (Å²) in [7, 11) is 0. The molecule has 0 spiro atoms. The molecule has 0 aliphatic carbocycles. The molecule has 0 radical (unpaired) electrons. The van der Waals surface area contributed by atoms with Crippen LogP contribution >= 0.6 is 0 Å². The summed E-state index contributed by atoms with van der Waals surface area (Å²) in [4.78, 5) is 36.8. The minimum absolute atomic E-state index is 0.0109. The van der Waals surface area contributed by atoms with E-state index < -0.39 is 0 Å². The molecule has 5 nitrogen and oxygen atoms in total. The fourth-order valence-electron chi connectivity index (χ4n) is 1.41. The van der Waals surface area contributed by atoms with E-state index in [2.05, 4.69) is 0 Å². The molecule has 1 heterocycles. The number of nitrogens with zero attached hydrogens (tertiary/aromatic N) is 2. The number of amides is 3. The molecule has 0 N–H and O–H groups in total. The van der Waals surface area contributed by atoms with Crippen LogP contribution in [0.5, 0.6) is 0 Å². The third kappa shape index (κ3) is 2.34. The lowest BCUT2D eigenvalue weighted by molar-refractivity contribution is -0.129. The molecular weight excluding hydrogens is 196 g/mol. The van der Waals surface area contributed by atoms with Gasteiger partial charge in [-0.1, -0.05) is 6.92 Å². The first-order valence-corrected chi connectivity index (χ1v) is 5.10. The number of rotatable bonds is 4. The number of imide groups is 1. The van der Waals surface area contributed by atoms with Crippen molar-refractivity contribution in [3.8, 4) is 0 Å². The number of hydrogen-bond donors (Lipinski definition) is 0. The van der Waals surface area contributed by atoms with Crippen LogP contribution in [0.15, 0.2) is 0 Å². The van der Waals surface area contributed by atoms with Gasteiger partial charge in [-0.2, -0.15) is 0 Å². The average Bonchev–Trinajstić information content (AvgIpc) is 2.45. The highest BCUT2D eigenvalue weighted by molar-refractivity contribution is 6.04. The van der Waals surface area contributed by atoms with Gasteiger partial charge in [0.05, 0.1) is 6.54 Å². The highest BCUT2D eigenvalue weighted by Crippen LogP contribution is 2.13. The Labute approximate surface area is 89.0 Å². The lowest BCUT2D eigenvalue weighted by Gasteiger charge is -2.19. The Morgan fingerprint density at radius 3 is 2.40 bits per heavy atom. The third-order valence-electron chi connectivity index (χ3n) is 2.44. The second kappa shape index (κ2) is 4.42. The van der Waals surface area contributed by atoms with Crippen molar-refractivity contribution in [2.45, 2.75) is 33.2 Å². The number of hydrogen-bond acceptors (Lipinski definition) is 3. The highest BCUT2D eigenvalue weighted by atomic mass is 16.2. The molecular formula is C10H16N2O3. The summed E-state index contributed by atoms with van der Waals surface area (Å²) in [6.07, 6.45) is 0.346. The Bertz CT molecular complexity index is 299. The molecule has 3 amide bonds. The Hall–Kier alpha value is -1.39. The molecule has 1 aliphatic rings. The minimum Gasteiger partial charge on any atom is -0.313 e. The molecule has 0 saturated carbocycles. The molecule has 1 rings (SSSR count). The predicted octanol–water partition coefficient (Wildman–Crippen LogP) is 0.638. The van der Waals surface area contributed by atoms with Crippen LogP contribution in [0.2, 0.25) is 0 Å². The van der Waals surface area contributed by atoms with Gasteiger partial charge in [-0.25, -0.2) is 4.79 Å². The van der Waals surface area contributed by atoms with Gasteiger partial charge in [-0.3, -0.25) is 14.5 Å². The van der Waals surface area contributed by atoms with Crippen molar-refractivity contribution in [3.05, 3.63) is 0 Å². The van der Waals surface area contributed by atoms with Crippen LogP contribution in [0.4, 0.5) is 4.79 Å². The van der Waals surface area contributed by atoms with Crippen molar-refractivity contribution in [3.63, 3.8) is 0 Å². The second-order valence-corrected chi connectivity index (χ2v) is 3.88. The number of ketones is 1. The largest absolute Gasteiger partial charge is 0.327 e. The Morgan fingerprint density at radius 2 is 2.00 bits per heavy atom. The first kappa shape index (κ1) is 11.7. The van der Waals surface area contributed by atoms with Crippen molar-refractivity contribution in [2.75, 3.05) is 13.1 Å². The zero-order valence-electron chi connectivity index (χ0n) is 9.32. The van der Waals surface area contributed by atoms with Crippen LogP contribution in [0.25, 0.3) is 0 Å². The standard InChI is InChI=1S/C10H16N2O3/c1-4-8(13)5-12-9(14)6-11(7(2)3)10(12)15/h7H,4-6H2,1-3H3. The van der Waals surface area contributed by atoms with Crippen LogP contribution in [0.3, 0.4) is 0 Å². The molecule has 0 aromatic rings. The SMILES string of the molecule is CCC(=O)CN1C(=O)CN(C(C)C)C1=O. The van der Waals surface area contributed by atoms with Crippen LogP contribution < -0.4 is 0 Å². The fourth-order valence-corrected chi connectivity index (χ4v) is 1.41. The van der Waals surface area contributed by atoms with Gasteiger partial charge in [0.1, 0.15) is 6.54 Å². The topological polar surface area (TPSA) is 57.7 Å². The van der Waals surface area contributed by atoms with Gasteiger partial charge in [0, 0.05) is 12.5 Å². The fraction of sp³-hybridized carbons (Fsp3) is 0.700. The number of urea groups is 1. The Kier molecular flexibility index (Phi) is 3.44. The second-order valence-electron chi connectivity index (χ2n) is 3.88. The molecule has 1 fully saturated rings. The zero-order chi connectivity index (χ0) is 11.6. The molecule has 0 aromatic carbocycles. The predicted molar refractivity (Wildman–Crippen MR) is 54.2 cm³/mol. The first-order valence-electron chi connectivity index (χ1n) is 5.10. The van der Waals surface area contributed by atoms with Crippen molar-refractivity contribution >= 4 is 17.7 Å². The zero-order valence-corrected chi connectivity index (χ0v) is 9.32. The number of Topliss-reactive ketones (excluding diaryl/α,β-unsaturated/α-hetero) is 1. The van der Waals surface area contributed by atoms with E-state index in [4.69, 9.17) is 0 Å². The summed E-state index contributed by atoms with van der Waals surface area (Å²) < 4.78 is 0. The van der Waals surface area contributed by atoms with E-state index in [9.17, 15) is 14.4 Å². The Morgan fingerprint density at radius 1 is 1.40 bits per heavy atom. The minimum atomic E-state index is -0.350.